The van der Waals surface area contributed by atoms with E-state index in [2.05, 4.69) is 224 Å². The minimum absolute atomic E-state index is 0. The van der Waals surface area contributed by atoms with Crippen LogP contribution in [0.3, 0.4) is 0 Å². The van der Waals surface area contributed by atoms with E-state index in [0.717, 1.165) is 46.2 Å². The molecule has 0 aromatic heterocycles. The van der Waals surface area contributed by atoms with Crippen LogP contribution in [-0.4, -0.2) is 132 Å². The summed E-state index contributed by atoms with van der Waals surface area (Å²) in [5.74, 6) is -1.48. The topological polar surface area (TPSA) is 173 Å². The van der Waals surface area contributed by atoms with Crippen LogP contribution in [0.25, 0.3) is 22.3 Å². The number of carbonyl (C=O) groups is 5. The number of aliphatic carboxylic acids is 1. The molecule has 107 heavy (non-hydrogen) atoms. The maximum absolute atomic E-state index is 13.9. The fourth-order valence-corrected chi connectivity index (χ4v) is 24.2. The Labute approximate surface area is 650 Å². The molecule has 0 bridgehead atoms. The van der Waals surface area contributed by atoms with Gasteiger partial charge in [-0.2, -0.15) is 0 Å². The van der Waals surface area contributed by atoms with Crippen molar-refractivity contribution in [2.75, 3.05) is 57.9 Å². The second-order valence-corrected chi connectivity index (χ2v) is 39.3. The van der Waals surface area contributed by atoms with Crippen molar-refractivity contribution in [3.63, 3.8) is 0 Å². The van der Waals surface area contributed by atoms with Crippen molar-refractivity contribution in [2.45, 2.75) is 164 Å². The molecule has 14 nitrogen and oxygen atoms in total. The van der Waals surface area contributed by atoms with E-state index >= 15 is 0 Å². The predicted molar refractivity (Wildman–Crippen MR) is 445 cm³/mol. The van der Waals surface area contributed by atoms with Gasteiger partial charge in [0.2, 0.25) is 11.8 Å². The number of likely N-dealkylation sites (N-methyl/N-ethyl adjacent to an activating group) is 1. The molecule has 18 heteroatoms. The first-order valence-corrected chi connectivity index (χ1v) is 41.9. The van der Waals surface area contributed by atoms with Gasteiger partial charge in [0.25, 0.3) is 16.6 Å². The summed E-state index contributed by atoms with van der Waals surface area (Å²) in [5, 5.41) is 20.3. The molecule has 0 fully saturated rings. The fraction of sp³-hybridized carbons (Fsp3) is 0.404. The summed E-state index contributed by atoms with van der Waals surface area (Å²) in [7, 11) is -5.33. The Morgan fingerprint density at radius 1 is 0.439 bits per heavy atom. The van der Waals surface area contributed by atoms with Crippen molar-refractivity contribution >= 4 is 90.6 Å². The first-order valence-electron chi connectivity index (χ1n) is 37.0. The lowest BCUT2D eigenvalue weighted by molar-refractivity contribution is -0.145. The highest BCUT2D eigenvalue weighted by molar-refractivity contribution is 7.00. The monoisotopic (exact) mass is 1530 g/mol. The molecule has 8 aromatic carbocycles. The summed E-state index contributed by atoms with van der Waals surface area (Å²) in [6, 6.07) is 73.4. The highest BCUT2D eigenvalue weighted by Crippen LogP contribution is 2.46. The number of unbranched alkanes of at least 4 members (excludes halogenated alkanes) is 2. The summed E-state index contributed by atoms with van der Waals surface area (Å²) in [5.41, 5.74) is 9.12. The van der Waals surface area contributed by atoms with Crippen LogP contribution in [0.4, 0.5) is 9.59 Å². The number of amides is 4. The lowest BCUT2D eigenvalue weighted by Crippen LogP contribution is -2.66. The van der Waals surface area contributed by atoms with Gasteiger partial charge in [-0.05, 0) is 133 Å². The van der Waals surface area contributed by atoms with Gasteiger partial charge in [-0.15, -0.1) is 23.2 Å². The van der Waals surface area contributed by atoms with Gasteiger partial charge in [0.15, 0.2) is 0 Å². The standard InChI is InChI=1S/C43H52N2O6Si.C43H54N2O4Si.CH2Cl2.2CH4/c1-31(2)28-39(44-42(49)50-30-38-36-24-14-12-22-34(36)35-23-13-15-25-37(35)38)41(48)45(29-40(46)47)26-16-17-27-51-52(43(3,4)5,32-18-8-6-9-19-32)33-20-10-7-11-21-33;1-7-45(28-18-19-29-49-50(43(4,5)6,33-20-10-8-11-21-33)34-22-12-9-13-23-34)41(46)40(30-32(2)3)44-42(47)48-31-39-37-26-16-14-24-35(37)36-25-15-17-27-38(36)39;2-1-3;;/h6-15,18-25,31,38-39H,16-17,26-30H2,1-5H3,(H,44,49)(H,46,47);8-17,20-27,32,39-40H,7,18-19,28-31H2,1-6H3,(H,44,47);1H2;2*1H4/t39-;40-;;;/m00.../s1. The molecule has 0 aliphatic heterocycles. The van der Waals surface area contributed by atoms with Crippen LogP contribution in [0, 0.1) is 11.8 Å². The molecule has 4 amide bonds. The molecule has 2 aliphatic carbocycles. The number of benzene rings is 8. The number of alkyl halides is 2. The average molecular weight is 1530 g/mol. The number of alkyl carbamates (subject to hydrolysis) is 2. The van der Waals surface area contributed by atoms with Crippen LogP contribution in [0.5, 0.6) is 0 Å². The highest BCUT2D eigenvalue weighted by atomic mass is 35.5. The molecule has 10 rings (SSSR count). The fourth-order valence-electron chi connectivity index (χ4n) is 15.0. The molecule has 0 saturated heterocycles. The molecule has 0 heterocycles. The van der Waals surface area contributed by atoms with Crippen LogP contribution in [0.1, 0.15) is 164 Å². The molecule has 3 N–H and O–H groups in total. The van der Waals surface area contributed by atoms with Gasteiger partial charge >= 0.3 is 18.2 Å². The van der Waals surface area contributed by atoms with E-state index in [1.807, 2.05) is 86.3 Å². The Kier molecular flexibility index (Phi) is 34.2. The Morgan fingerprint density at radius 2 is 0.710 bits per heavy atom. The first-order chi connectivity index (χ1) is 50.4. The number of halogens is 2. The van der Waals surface area contributed by atoms with Crippen LogP contribution >= 0.6 is 23.2 Å². The zero-order chi connectivity index (χ0) is 75.7. The van der Waals surface area contributed by atoms with Gasteiger partial charge in [-0.1, -0.05) is 302 Å². The Bertz CT molecular complexity index is 3890. The summed E-state index contributed by atoms with van der Waals surface area (Å²) >= 11 is 9.53. The zero-order valence-corrected chi connectivity index (χ0v) is 66.6. The molecule has 0 spiro atoms. The molecule has 0 radical (unpaired) electrons. The maximum atomic E-state index is 13.9. The Hall–Kier alpha value is -8.36. The third-order valence-corrected chi connectivity index (χ3v) is 29.8. The summed E-state index contributed by atoms with van der Waals surface area (Å²) in [4.78, 5) is 69.4. The molecule has 2 aliphatic rings. The van der Waals surface area contributed by atoms with Crippen molar-refractivity contribution in [1.82, 2.24) is 20.4 Å². The highest BCUT2D eigenvalue weighted by Gasteiger charge is 2.51. The van der Waals surface area contributed by atoms with Gasteiger partial charge in [0.05, 0.1) is 5.34 Å². The first kappa shape index (κ1) is 87.6. The second-order valence-electron chi connectivity index (χ2n) is 29.9. The maximum Gasteiger partial charge on any atom is 0.407 e. The van der Waals surface area contributed by atoms with Crippen molar-refractivity contribution in [2.24, 2.45) is 11.8 Å². The second kappa shape index (κ2) is 41.8. The normalized spacial score (nSPS) is 12.9. The molecule has 8 aromatic rings. The minimum atomic E-state index is -2.72. The number of hydrogen-bond acceptors (Lipinski definition) is 9. The van der Waals surface area contributed by atoms with Crippen LogP contribution in [-0.2, 0) is 32.7 Å². The van der Waals surface area contributed by atoms with E-state index in [4.69, 9.17) is 41.5 Å². The lowest BCUT2D eigenvalue weighted by Gasteiger charge is -2.43. The molecular weight excluding hydrogens is 1410 g/mol. The largest absolute Gasteiger partial charge is 0.480 e. The van der Waals surface area contributed by atoms with Crippen molar-refractivity contribution in [3.05, 3.63) is 241 Å². The number of nitrogens with zero attached hydrogens (tertiary/aromatic N) is 2. The number of fused-ring (bicyclic) bond motifs is 6. The lowest BCUT2D eigenvalue weighted by atomic mass is 9.98. The third-order valence-electron chi connectivity index (χ3n) is 19.7. The number of carboxylic acid groups (broad SMARTS) is 1. The van der Waals surface area contributed by atoms with E-state index in [9.17, 15) is 29.1 Å². The van der Waals surface area contributed by atoms with Crippen LogP contribution < -0.4 is 31.4 Å². The summed E-state index contributed by atoms with van der Waals surface area (Å²) in [6.45, 7) is 25.9. The Balaban J connectivity index is 0.000000318. The molecule has 2 atom stereocenters. The van der Waals surface area contributed by atoms with Crippen molar-refractivity contribution in [3.8, 4) is 22.3 Å². The van der Waals surface area contributed by atoms with Crippen LogP contribution in [0.2, 0.25) is 10.1 Å². The number of rotatable bonds is 31. The number of carbonyl (C=O) groups excluding carboxylic acids is 4. The van der Waals surface area contributed by atoms with Gasteiger partial charge in [0, 0.05) is 44.7 Å². The van der Waals surface area contributed by atoms with E-state index in [-0.39, 0.29) is 79.6 Å². The van der Waals surface area contributed by atoms with E-state index in [1.165, 1.54) is 36.8 Å². The number of hydrogen-bond donors (Lipinski definition) is 3. The minimum Gasteiger partial charge on any atom is -0.480 e. The average Bonchev–Trinajstić information content (AvgIpc) is 1.75. The van der Waals surface area contributed by atoms with Crippen molar-refractivity contribution < 1.29 is 47.4 Å². The van der Waals surface area contributed by atoms with Crippen molar-refractivity contribution in [1.29, 1.82) is 0 Å². The van der Waals surface area contributed by atoms with E-state index in [1.54, 1.807) is 0 Å². The summed E-state index contributed by atoms with van der Waals surface area (Å²) < 4.78 is 25.7. The van der Waals surface area contributed by atoms with E-state index < -0.39 is 59.3 Å². The van der Waals surface area contributed by atoms with E-state index in [0.29, 0.717) is 52.0 Å². The summed E-state index contributed by atoms with van der Waals surface area (Å²) in [6.07, 6.45) is 2.42. The van der Waals surface area contributed by atoms with Gasteiger partial charge in [-0.25, -0.2) is 9.59 Å². The number of ether oxygens (including phenoxy) is 2. The van der Waals surface area contributed by atoms with Crippen LogP contribution in [0.15, 0.2) is 218 Å². The Morgan fingerprint density at radius 3 is 0.981 bits per heavy atom. The van der Waals surface area contributed by atoms with Gasteiger partial charge in [-0.3, -0.25) is 14.4 Å². The molecule has 0 saturated carbocycles. The van der Waals surface area contributed by atoms with Gasteiger partial charge < -0.3 is 43.9 Å². The number of carboxylic acids is 1. The number of nitrogens with one attached hydrogen (secondary N) is 2. The zero-order valence-electron chi connectivity index (χ0n) is 63.1. The molecule has 0 unspecified atom stereocenters. The van der Waals surface area contributed by atoms with Gasteiger partial charge in [0.1, 0.15) is 31.8 Å². The predicted octanol–water partition coefficient (Wildman–Crippen LogP) is 18.0. The SMILES string of the molecule is C.C.CC(C)C[C@H](NC(=O)OCC1c2ccccc2-c2ccccc21)C(=O)N(CCCCO[Si](c1ccccc1)(c1ccccc1)C(C)(C)C)CC(=O)O.CCN(CCCCO[Si](c1ccccc1)(c1ccccc1)C(C)(C)C)C(=O)[C@H](CC(C)C)NC(=O)OCC1c2ccccc2-c2ccccc21.ClCCl. The molecule has 574 valence electrons. The third kappa shape index (κ3) is 22.4. The quantitative estimate of drug-likeness (QED) is 0.0216. The smallest absolute Gasteiger partial charge is 0.407 e. The molecular formula is C89H116Cl2N4O10Si2.